The van der Waals surface area contributed by atoms with Crippen LogP contribution in [0.15, 0.2) is 72.8 Å². The first kappa shape index (κ1) is 30.1. The van der Waals surface area contributed by atoms with Crippen LogP contribution in [0.4, 0.5) is 5.69 Å². The largest absolute Gasteiger partial charge is 0.457 e. The van der Waals surface area contributed by atoms with Gasteiger partial charge in [0.15, 0.2) is 0 Å². The molecule has 0 bridgehead atoms. The van der Waals surface area contributed by atoms with Crippen LogP contribution in [0, 0.1) is 6.92 Å². The Morgan fingerprint density at radius 2 is 1.33 bits per heavy atom. The number of carbonyl (C=O) groups is 1. The average molecular weight is 578 g/mol. The van der Waals surface area contributed by atoms with Crippen molar-refractivity contribution in [1.82, 2.24) is 0 Å². The smallest absolute Gasteiger partial charge is 0.338 e. The Kier molecular flexibility index (Phi) is 10.5. The number of anilines is 1. The third-order valence-electron chi connectivity index (χ3n) is 5.36. The zero-order valence-electron chi connectivity index (χ0n) is 21.9. The van der Waals surface area contributed by atoms with E-state index in [-0.39, 0.29) is 32.9 Å². The molecular weight excluding hydrogens is 546 g/mol. The zero-order valence-corrected chi connectivity index (χ0v) is 23.5. The standard InChI is InChI=1S/C27H31NO9S2/c1-21-19-25(13-14-26(21)28(15-17-35-38(2,30)31)16-18-36-39(3,32)33)37-24-11-9-23(10-12-24)27(29)34-20-22-7-5-4-6-8-22/h4-14,19H,15-18,20H2,1-3H3. The summed E-state index contributed by atoms with van der Waals surface area (Å²) < 4.78 is 66.3. The SMILES string of the molecule is Cc1cc(Oc2ccc(C(=O)OCc3ccccc3)cc2)ccc1N(CCOS(C)(=O)=O)CCOS(C)(=O)=O. The van der Waals surface area contributed by atoms with Crippen molar-refractivity contribution in [3.8, 4) is 11.5 Å². The minimum absolute atomic E-state index is 0.116. The van der Waals surface area contributed by atoms with Crippen molar-refractivity contribution in [3.05, 3.63) is 89.5 Å². The lowest BCUT2D eigenvalue weighted by molar-refractivity contribution is 0.0472. The van der Waals surface area contributed by atoms with Crippen molar-refractivity contribution in [2.45, 2.75) is 13.5 Å². The maximum atomic E-state index is 12.3. The number of benzene rings is 3. The van der Waals surface area contributed by atoms with Gasteiger partial charge in [-0.2, -0.15) is 16.8 Å². The van der Waals surface area contributed by atoms with E-state index >= 15 is 0 Å². The Morgan fingerprint density at radius 1 is 0.769 bits per heavy atom. The summed E-state index contributed by atoms with van der Waals surface area (Å²) in [7, 11) is -7.25. The van der Waals surface area contributed by atoms with Gasteiger partial charge < -0.3 is 14.4 Å². The molecule has 0 aliphatic heterocycles. The molecule has 3 aromatic carbocycles. The fourth-order valence-corrected chi connectivity index (χ4v) is 4.35. The van der Waals surface area contributed by atoms with E-state index in [1.807, 2.05) is 37.3 Å². The summed E-state index contributed by atoms with van der Waals surface area (Å²) in [4.78, 5) is 14.1. The first-order chi connectivity index (χ1) is 18.4. The minimum Gasteiger partial charge on any atom is -0.457 e. The quantitative estimate of drug-likeness (QED) is 0.206. The van der Waals surface area contributed by atoms with Gasteiger partial charge in [-0.15, -0.1) is 0 Å². The van der Waals surface area contributed by atoms with E-state index in [2.05, 4.69) is 0 Å². The molecule has 0 aliphatic rings. The topological polar surface area (TPSA) is 126 Å². The van der Waals surface area contributed by atoms with Gasteiger partial charge in [0.1, 0.15) is 18.1 Å². The normalized spacial score (nSPS) is 11.7. The molecule has 0 atom stereocenters. The summed E-state index contributed by atoms with van der Waals surface area (Å²) in [5.74, 6) is 0.613. The number of hydrogen-bond acceptors (Lipinski definition) is 10. The number of hydrogen-bond donors (Lipinski definition) is 0. The number of esters is 1. The van der Waals surface area contributed by atoms with Crippen LogP contribution in [0.2, 0.25) is 0 Å². The lowest BCUT2D eigenvalue weighted by atomic mass is 10.1. The van der Waals surface area contributed by atoms with Crippen molar-refractivity contribution in [2.24, 2.45) is 0 Å². The van der Waals surface area contributed by atoms with Crippen LogP contribution in [0.5, 0.6) is 11.5 Å². The molecule has 0 unspecified atom stereocenters. The van der Waals surface area contributed by atoms with E-state index in [1.54, 1.807) is 47.4 Å². The number of rotatable bonds is 14. The molecule has 0 saturated heterocycles. The van der Waals surface area contributed by atoms with Gasteiger partial charge in [-0.25, -0.2) is 4.79 Å². The van der Waals surface area contributed by atoms with Gasteiger partial charge >= 0.3 is 5.97 Å². The van der Waals surface area contributed by atoms with Gasteiger partial charge in [0.25, 0.3) is 20.2 Å². The maximum absolute atomic E-state index is 12.3. The van der Waals surface area contributed by atoms with Crippen molar-refractivity contribution >= 4 is 31.9 Å². The predicted octanol–water partition coefficient (Wildman–Crippen LogP) is 3.90. The molecule has 3 rings (SSSR count). The molecule has 0 heterocycles. The molecule has 0 saturated carbocycles. The number of nitrogens with zero attached hydrogens (tertiary/aromatic N) is 1. The van der Waals surface area contributed by atoms with Crippen molar-refractivity contribution in [2.75, 3.05) is 43.7 Å². The summed E-state index contributed by atoms with van der Waals surface area (Å²) in [6, 6.07) is 21.3. The van der Waals surface area contributed by atoms with E-state index in [0.29, 0.717) is 17.1 Å². The average Bonchev–Trinajstić information content (AvgIpc) is 2.86. The van der Waals surface area contributed by atoms with Crippen molar-refractivity contribution in [1.29, 1.82) is 0 Å². The van der Waals surface area contributed by atoms with Crippen LogP contribution in [0.25, 0.3) is 0 Å². The summed E-state index contributed by atoms with van der Waals surface area (Å²) in [6.07, 6.45) is 1.92. The molecule has 0 radical (unpaired) electrons. The molecule has 39 heavy (non-hydrogen) atoms. The Balaban J connectivity index is 1.64. The Morgan fingerprint density at radius 3 is 1.87 bits per heavy atom. The molecule has 210 valence electrons. The lowest BCUT2D eigenvalue weighted by Crippen LogP contribution is -2.32. The second kappa shape index (κ2) is 13.6. The van der Waals surface area contributed by atoms with Crippen LogP contribution in [-0.2, 0) is 39.9 Å². The van der Waals surface area contributed by atoms with Crippen molar-refractivity contribution < 1.29 is 39.5 Å². The second-order valence-corrected chi connectivity index (χ2v) is 12.0. The van der Waals surface area contributed by atoms with Crippen LogP contribution in [-0.4, -0.2) is 61.6 Å². The lowest BCUT2D eigenvalue weighted by Gasteiger charge is -2.26. The molecule has 12 heteroatoms. The first-order valence-corrected chi connectivity index (χ1v) is 15.6. The number of carbonyl (C=O) groups excluding carboxylic acids is 1. The van der Waals surface area contributed by atoms with Gasteiger partial charge in [-0.3, -0.25) is 8.37 Å². The van der Waals surface area contributed by atoms with Crippen LogP contribution in [0.1, 0.15) is 21.5 Å². The van der Waals surface area contributed by atoms with E-state index in [9.17, 15) is 21.6 Å². The minimum atomic E-state index is -3.62. The molecule has 0 amide bonds. The molecule has 3 aromatic rings. The first-order valence-electron chi connectivity index (χ1n) is 11.9. The predicted molar refractivity (Wildman–Crippen MR) is 147 cm³/mol. The fraction of sp³-hybridized carbons (Fsp3) is 0.296. The molecule has 0 fully saturated rings. The number of ether oxygens (including phenoxy) is 2. The maximum Gasteiger partial charge on any atom is 0.338 e. The zero-order chi connectivity index (χ0) is 28.5. The van der Waals surface area contributed by atoms with Crippen molar-refractivity contribution in [3.63, 3.8) is 0 Å². The Labute approximate surface area is 229 Å². The second-order valence-electron chi connectivity index (χ2n) is 8.68. The number of aryl methyl sites for hydroxylation is 1. The third-order valence-corrected chi connectivity index (χ3v) is 6.55. The van der Waals surface area contributed by atoms with Gasteiger partial charge in [0.2, 0.25) is 0 Å². The van der Waals surface area contributed by atoms with Gasteiger partial charge in [-0.05, 0) is 60.5 Å². The molecule has 0 aliphatic carbocycles. The Hall–Kier alpha value is -3.45. The summed E-state index contributed by atoms with van der Waals surface area (Å²) in [6.45, 7) is 2.16. The monoisotopic (exact) mass is 577 g/mol. The summed E-state index contributed by atoms with van der Waals surface area (Å²) in [5, 5.41) is 0. The molecular formula is C27H31NO9S2. The van der Waals surface area contributed by atoms with Crippen LogP contribution >= 0.6 is 0 Å². The van der Waals surface area contributed by atoms with Crippen LogP contribution in [0.3, 0.4) is 0 Å². The molecule has 10 nitrogen and oxygen atoms in total. The van der Waals surface area contributed by atoms with Gasteiger partial charge in [0.05, 0.1) is 31.3 Å². The third kappa shape index (κ3) is 10.7. The van der Waals surface area contributed by atoms with Gasteiger partial charge in [0, 0.05) is 18.8 Å². The van der Waals surface area contributed by atoms with E-state index in [1.165, 1.54) is 0 Å². The highest BCUT2D eigenvalue weighted by Crippen LogP contribution is 2.28. The summed E-state index contributed by atoms with van der Waals surface area (Å²) in [5.41, 5.74) is 2.82. The van der Waals surface area contributed by atoms with E-state index < -0.39 is 26.2 Å². The van der Waals surface area contributed by atoms with E-state index in [4.69, 9.17) is 17.8 Å². The highest BCUT2D eigenvalue weighted by Gasteiger charge is 2.14. The molecule has 0 aromatic heterocycles. The Bertz CT molecular complexity index is 1420. The highest BCUT2D eigenvalue weighted by atomic mass is 32.2. The van der Waals surface area contributed by atoms with E-state index in [0.717, 1.165) is 29.3 Å². The molecule has 0 spiro atoms. The summed E-state index contributed by atoms with van der Waals surface area (Å²) >= 11 is 0. The van der Waals surface area contributed by atoms with Gasteiger partial charge in [-0.1, -0.05) is 30.3 Å². The molecule has 0 N–H and O–H groups in total. The highest BCUT2D eigenvalue weighted by molar-refractivity contribution is 7.86. The fourth-order valence-electron chi connectivity index (χ4n) is 3.60. The van der Waals surface area contributed by atoms with Crippen LogP contribution < -0.4 is 9.64 Å².